The smallest absolute Gasteiger partial charge is 0.746 e. The second kappa shape index (κ2) is 17.7. The van der Waals surface area contributed by atoms with E-state index >= 15 is 0 Å². The van der Waals surface area contributed by atoms with Crippen molar-refractivity contribution in [1.29, 1.82) is 0 Å². The van der Waals surface area contributed by atoms with Crippen molar-refractivity contribution in [3.8, 4) is 0 Å². The number of alkyl halides is 3. The number of rotatable bonds is 3. The maximum absolute atomic E-state index is 10.6. The molecule has 0 aromatic heterocycles. The van der Waals surface area contributed by atoms with Gasteiger partial charge in [0, 0.05) is 0 Å². The molecule has 0 heterocycles. The van der Waals surface area contributed by atoms with Gasteiger partial charge in [0.15, 0.2) is 18.0 Å². The Morgan fingerprint density at radius 3 is 0.571 bits per heavy atom. The summed E-state index contributed by atoms with van der Waals surface area (Å²) in [6.07, 6.45) is 0. The van der Waals surface area contributed by atoms with Crippen LogP contribution in [0.25, 0.3) is 0 Å². The van der Waals surface area contributed by atoms with E-state index < -0.39 is 48.4 Å². The fraction of sp³-hybridized carbons (Fsp3) is 1.00. The minimum atomic E-state index is -4.58. The van der Waals surface area contributed by atoms with Crippen molar-refractivity contribution < 1.29 is 109 Å². The first-order valence-corrected chi connectivity index (χ1v) is 7.90. The molecule has 114 valence electrons. The molecule has 0 radical (unpaired) electrons. The van der Waals surface area contributed by atoms with E-state index in [9.17, 15) is 13.2 Å². The predicted octanol–water partition coefficient (Wildman–Crippen LogP) is -10.6. The second-order valence-electron chi connectivity index (χ2n) is 2.00. The summed E-state index contributed by atoms with van der Waals surface area (Å²) >= 11 is 0. The molecule has 0 saturated carbocycles. The Bertz CT molecular complexity index is 427. The molecule has 0 unspecified atom stereocenters. The minimum absolute atomic E-state index is 0. The number of halogens is 3. The Balaban J connectivity index is -0.0000000375. The molecule has 0 aromatic carbocycles. The van der Waals surface area contributed by atoms with Crippen molar-refractivity contribution in [3.05, 3.63) is 0 Å². The molecular weight excluding hydrogens is 354 g/mol. The van der Waals surface area contributed by atoms with Gasteiger partial charge in [0.05, 0.1) is 0 Å². The van der Waals surface area contributed by atoms with Gasteiger partial charge in [-0.25, -0.2) is 38.4 Å². The second-order valence-corrected chi connectivity index (χ2v) is 6.00. The van der Waals surface area contributed by atoms with Crippen molar-refractivity contribution in [2.45, 2.75) is 0 Å². The summed E-state index contributed by atoms with van der Waals surface area (Å²) in [6, 6.07) is -5.44. The molecule has 0 saturated heterocycles. The van der Waals surface area contributed by atoms with Crippen LogP contribution in [0.3, 0.4) is 0 Å². The van der Waals surface area contributed by atoms with Crippen LogP contribution in [0.4, 0.5) is 13.2 Å². The average Bonchev–Trinajstić information content (AvgIpc) is 2.16. The standard InChI is InChI=1S/3CH3FO3S.3Li/c3*2-1-6(3,4)5;;;/h3*1H2,(H,3,4,5);;;/q;;;3*+1/p-3. The molecule has 0 N–H and O–H groups in total. The Hall–Kier alpha value is 1.31. The monoisotopic (exact) mass is 360 g/mol. The Labute approximate surface area is 156 Å². The molecule has 0 atom stereocenters. The van der Waals surface area contributed by atoms with Gasteiger partial charge in [-0.15, -0.1) is 0 Å². The zero-order chi connectivity index (χ0) is 15.6. The van der Waals surface area contributed by atoms with Gasteiger partial charge >= 0.3 is 56.6 Å². The average molecular weight is 360 g/mol. The van der Waals surface area contributed by atoms with Crippen molar-refractivity contribution in [2.24, 2.45) is 0 Å². The summed E-state index contributed by atoms with van der Waals surface area (Å²) in [5, 5.41) is 0. The van der Waals surface area contributed by atoms with E-state index in [1.165, 1.54) is 0 Å². The number of hydrogen-bond acceptors (Lipinski definition) is 9. The topological polar surface area (TPSA) is 172 Å². The van der Waals surface area contributed by atoms with Gasteiger partial charge in [0.1, 0.15) is 30.4 Å². The molecule has 0 spiro atoms. The van der Waals surface area contributed by atoms with Crippen LogP contribution in [0.1, 0.15) is 0 Å². The van der Waals surface area contributed by atoms with Gasteiger partial charge in [0.25, 0.3) is 0 Å². The maximum Gasteiger partial charge on any atom is 1.00 e. The summed E-state index contributed by atoms with van der Waals surface area (Å²) in [4.78, 5) is 0. The van der Waals surface area contributed by atoms with Gasteiger partial charge in [-0.05, 0) is 0 Å². The molecule has 0 amide bonds. The summed E-state index contributed by atoms with van der Waals surface area (Å²) in [7, 11) is -13.7. The minimum Gasteiger partial charge on any atom is -0.746 e. The van der Waals surface area contributed by atoms with Crippen LogP contribution in [-0.2, 0) is 30.4 Å². The van der Waals surface area contributed by atoms with Gasteiger partial charge < -0.3 is 13.7 Å². The van der Waals surface area contributed by atoms with E-state index in [0.29, 0.717) is 0 Å². The summed E-state index contributed by atoms with van der Waals surface area (Å²) in [5.41, 5.74) is 0. The maximum atomic E-state index is 10.6. The molecule has 0 aliphatic carbocycles. The SMILES string of the molecule is O=S(=O)([O-])CF.O=S(=O)([O-])CF.O=S(=O)([O-])CF.[Li+].[Li+].[Li+]. The van der Waals surface area contributed by atoms with E-state index in [2.05, 4.69) is 0 Å². The van der Waals surface area contributed by atoms with Gasteiger partial charge in [0.2, 0.25) is 0 Å². The molecular formula is C3H6F3Li3O9S3. The van der Waals surface area contributed by atoms with Crippen LogP contribution in [0.5, 0.6) is 0 Å². The molecule has 0 aromatic rings. The molecule has 9 nitrogen and oxygen atoms in total. The molecule has 0 fully saturated rings. The normalized spacial score (nSPS) is 10.0. The Morgan fingerprint density at radius 2 is 0.571 bits per heavy atom. The fourth-order valence-corrected chi connectivity index (χ4v) is 0. The van der Waals surface area contributed by atoms with Crippen LogP contribution < -0.4 is 56.6 Å². The zero-order valence-corrected chi connectivity index (χ0v) is 13.6. The Kier molecular flexibility index (Phi) is 32.0. The van der Waals surface area contributed by atoms with E-state index in [0.717, 1.165) is 0 Å². The molecule has 18 heteroatoms. The third-order valence-corrected chi connectivity index (χ3v) is 1.20. The predicted molar refractivity (Wildman–Crippen MR) is 47.0 cm³/mol. The van der Waals surface area contributed by atoms with E-state index in [1.807, 2.05) is 0 Å². The van der Waals surface area contributed by atoms with Crippen LogP contribution in [0.2, 0.25) is 0 Å². The third-order valence-electron chi connectivity index (χ3n) is 0.401. The van der Waals surface area contributed by atoms with Crippen molar-refractivity contribution >= 4 is 30.4 Å². The largest absolute Gasteiger partial charge is 1.00 e. The van der Waals surface area contributed by atoms with Crippen molar-refractivity contribution in [2.75, 3.05) is 18.0 Å². The van der Waals surface area contributed by atoms with E-state index in [1.54, 1.807) is 0 Å². The number of hydrogen-bond donors (Lipinski definition) is 0. The molecule has 0 bridgehead atoms. The first-order valence-electron chi connectivity index (χ1n) is 3.17. The molecule has 21 heavy (non-hydrogen) atoms. The van der Waals surface area contributed by atoms with Crippen LogP contribution >= 0.6 is 0 Å². The summed E-state index contributed by atoms with van der Waals surface area (Å²) < 4.78 is 113. The summed E-state index contributed by atoms with van der Waals surface area (Å²) in [5.74, 6) is 0. The third kappa shape index (κ3) is 74.7. The van der Waals surface area contributed by atoms with E-state index in [4.69, 9.17) is 38.9 Å². The van der Waals surface area contributed by atoms with Crippen LogP contribution in [0, 0.1) is 0 Å². The van der Waals surface area contributed by atoms with Gasteiger partial charge in [-0.1, -0.05) is 0 Å². The van der Waals surface area contributed by atoms with Gasteiger partial charge in [-0.3, -0.25) is 0 Å². The van der Waals surface area contributed by atoms with Crippen LogP contribution in [-0.4, -0.2) is 56.9 Å². The zero-order valence-electron chi connectivity index (χ0n) is 11.2. The molecule has 0 rings (SSSR count). The van der Waals surface area contributed by atoms with Crippen molar-refractivity contribution in [1.82, 2.24) is 0 Å². The van der Waals surface area contributed by atoms with E-state index in [-0.39, 0.29) is 56.6 Å². The quantitative estimate of drug-likeness (QED) is 0.350. The van der Waals surface area contributed by atoms with Crippen LogP contribution in [0.15, 0.2) is 0 Å². The Morgan fingerprint density at radius 1 is 0.524 bits per heavy atom. The first-order chi connectivity index (χ1) is 7.68. The van der Waals surface area contributed by atoms with Gasteiger partial charge in [-0.2, -0.15) is 0 Å². The first kappa shape index (κ1) is 38.1. The molecule has 0 aliphatic rings. The van der Waals surface area contributed by atoms with Crippen molar-refractivity contribution in [3.63, 3.8) is 0 Å². The molecule has 0 aliphatic heterocycles. The fourth-order valence-electron chi connectivity index (χ4n) is 0. The summed E-state index contributed by atoms with van der Waals surface area (Å²) in [6.45, 7) is 0.